The average Bonchev–Trinajstić information content (AvgIpc) is 3.01. The van der Waals surface area contributed by atoms with Crippen LogP contribution in [0.1, 0.15) is 80.1 Å². The van der Waals surface area contributed by atoms with Gasteiger partial charge in [-0.15, -0.1) is 0 Å². The summed E-state index contributed by atoms with van der Waals surface area (Å²) < 4.78 is 5.61. The standard InChI is InChI=1S/C26H35NO3/c1-15(28)19-8-9-20-18-7-10-22-24(3,4)23(30-16(2)29)17(14-27)13-26(22,6)21(18)11-12-25(19,20)5/h10,18-21H,7-9,11-13H2,1-6H3/t18-,19+,20-,21-,25+,26+/m0/s1. The van der Waals surface area contributed by atoms with Gasteiger partial charge in [0.1, 0.15) is 11.5 Å². The monoisotopic (exact) mass is 409 g/mol. The van der Waals surface area contributed by atoms with Crippen molar-refractivity contribution in [3.8, 4) is 6.07 Å². The van der Waals surface area contributed by atoms with Crippen molar-refractivity contribution in [2.24, 2.45) is 39.9 Å². The van der Waals surface area contributed by atoms with Gasteiger partial charge in [-0.05, 0) is 87.9 Å². The summed E-state index contributed by atoms with van der Waals surface area (Å²) in [5, 5.41) is 9.94. The molecule has 0 amide bonds. The first-order chi connectivity index (χ1) is 14.0. The lowest BCUT2D eigenvalue weighted by molar-refractivity contribution is -0.139. The number of carbonyl (C=O) groups is 2. The molecule has 0 aliphatic heterocycles. The van der Waals surface area contributed by atoms with E-state index in [0.29, 0.717) is 41.3 Å². The highest BCUT2D eigenvalue weighted by molar-refractivity contribution is 5.79. The Kier molecular flexibility index (Phi) is 4.84. The van der Waals surface area contributed by atoms with Crippen LogP contribution in [0.4, 0.5) is 0 Å². The zero-order valence-corrected chi connectivity index (χ0v) is 19.3. The second-order valence-corrected chi connectivity index (χ2v) is 11.2. The summed E-state index contributed by atoms with van der Waals surface area (Å²) in [6, 6.07) is 2.38. The fourth-order valence-electron chi connectivity index (χ4n) is 8.33. The van der Waals surface area contributed by atoms with Crippen LogP contribution < -0.4 is 0 Å². The summed E-state index contributed by atoms with van der Waals surface area (Å²) in [6.45, 7) is 12.1. The highest BCUT2D eigenvalue weighted by Crippen LogP contribution is 2.68. The molecule has 0 saturated heterocycles. The highest BCUT2D eigenvalue weighted by atomic mass is 16.5. The molecule has 0 aromatic rings. The molecule has 4 rings (SSSR count). The van der Waals surface area contributed by atoms with Gasteiger partial charge in [0, 0.05) is 18.3 Å². The largest absolute Gasteiger partial charge is 0.429 e. The number of ether oxygens (including phenoxy) is 1. The van der Waals surface area contributed by atoms with Crippen molar-refractivity contribution in [1.82, 2.24) is 0 Å². The number of Topliss-reactive ketones (excluding diaryl/α,β-unsaturated/α-hetero) is 1. The molecule has 162 valence electrons. The van der Waals surface area contributed by atoms with Crippen LogP contribution in [0.15, 0.2) is 23.0 Å². The van der Waals surface area contributed by atoms with E-state index in [-0.39, 0.29) is 22.7 Å². The second-order valence-electron chi connectivity index (χ2n) is 11.2. The first-order valence-corrected chi connectivity index (χ1v) is 11.5. The number of esters is 1. The topological polar surface area (TPSA) is 67.2 Å². The number of carbonyl (C=O) groups excluding carboxylic acids is 2. The number of allylic oxidation sites excluding steroid dienone is 3. The van der Waals surface area contributed by atoms with E-state index in [1.54, 1.807) is 6.92 Å². The molecule has 0 N–H and O–H groups in total. The van der Waals surface area contributed by atoms with Gasteiger partial charge in [0.15, 0.2) is 0 Å². The number of nitriles is 1. The minimum Gasteiger partial charge on any atom is -0.429 e. The number of hydrogen-bond donors (Lipinski definition) is 0. The van der Waals surface area contributed by atoms with Gasteiger partial charge in [-0.3, -0.25) is 9.59 Å². The predicted octanol–water partition coefficient (Wildman–Crippen LogP) is 5.74. The van der Waals surface area contributed by atoms with Crippen LogP contribution in [0.5, 0.6) is 0 Å². The fourth-order valence-corrected chi connectivity index (χ4v) is 8.33. The number of hydrogen-bond acceptors (Lipinski definition) is 4. The van der Waals surface area contributed by atoms with Crippen molar-refractivity contribution in [2.45, 2.75) is 80.1 Å². The summed E-state index contributed by atoms with van der Waals surface area (Å²) in [5.41, 5.74) is 1.51. The maximum Gasteiger partial charge on any atom is 0.307 e. The van der Waals surface area contributed by atoms with Gasteiger partial charge in [0.05, 0.1) is 11.6 Å². The highest BCUT2D eigenvalue weighted by Gasteiger charge is 2.61. The number of ketones is 1. The minimum atomic E-state index is -0.465. The van der Waals surface area contributed by atoms with E-state index in [1.165, 1.54) is 12.5 Å². The summed E-state index contributed by atoms with van der Waals surface area (Å²) in [7, 11) is 0. The Bertz CT molecular complexity index is 904. The molecule has 4 heteroatoms. The van der Waals surface area contributed by atoms with Crippen LogP contribution in [0.3, 0.4) is 0 Å². The zero-order chi connectivity index (χ0) is 22.1. The predicted molar refractivity (Wildman–Crippen MR) is 115 cm³/mol. The molecule has 6 atom stereocenters. The van der Waals surface area contributed by atoms with Gasteiger partial charge in [-0.2, -0.15) is 5.26 Å². The molecule has 0 radical (unpaired) electrons. The van der Waals surface area contributed by atoms with Crippen LogP contribution in [0, 0.1) is 51.2 Å². The van der Waals surface area contributed by atoms with E-state index in [9.17, 15) is 14.9 Å². The summed E-state index contributed by atoms with van der Waals surface area (Å²) >= 11 is 0. The van der Waals surface area contributed by atoms with Crippen LogP contribution in [-0.4, -0.2) is 11.8 Å². The fraction of sp³-hybridized carbons (Fsp3) is 0.731. The van der Waals surface area contributed by atoms with Gasteiger partial charge in [0.25, 0.3) is 0 Å². The first kappa shape index (κ1) is 21.3. The van der Waals surface area contributed by atoms with Crippen LogP contribution in [0.25, 0.3) is 0 Å². The molecule has 4 aliphatic carbocycles. The molecule has 2 saturated carbocycles. The van der Waals surface area contributed by atoms with E-state index >= 15 is 0 Å². The number of nitrogens with zero attached hydrogens (tertiary/aromatic N) is 1. The SMILES string of the molecule is CC(=O)OC1=C(C#N)C[C@@]2(C)C(=CC[C@H]3[C@@H]4CC[C@H](C(C)=O)[C@@]4(C)CC[C@@H]32)C1(C)C. The zero-order valence-electron chi connectivity index (χ0n) is 19.3. The number of rotatable bonds is 2. The lowest BCUT2D eigenvalue weighted by Crippen LogP contribution is -2.52. The van der Waals surface area contributed by atoms with Crippen molar-refractivity contribution in [3.05, 3.63) is 23.0 Å². The average molecular weight is 410 g/mol. The van der Waals surface area contributed by atoms with Gasteiger partial charge >= 0.3 is 5.97 Å². The molecule has 0 bridgehead atoms. The molecule has 0 unspecified atom stereocenters. The Hall–Kier alpha value is -1.89. The molecule has 0 aromatic heterocycles. The Morgan fingerprint density at radius 3 is 2.40 bits per heavy atom. The molecule has 0 heterocycles. The van der Waals surface area contributed by atoms with Crippen molar-refractivity contribution < 1.29 is 14.3 Å². The van der Waals surface area contributed by atoms with E-state index in [4.69, 9.17) is 4.74 Å². The van der Waals surface area contributed by atoms with Gasteiger partial charge in [-0.25, -0.2) is 0 Å². The Labute approximate surface area is 180 Å². The second kappa shape index (κ2) is 6.81. The maximum absolute atomic E-state index is 12.4. The van der Waals surface area contributed by atoms with E-state index in [2.05, 4.69) is 39.8 Å². The van der Waals surface area contributed by atoms with Crippen molar-refractivity contribution in [1.29, 1.82) is 5.26 Å². The lowest BCUT2D eigenvalue weighted by atomic mass is 9.45. The third-order valence-corrected chi connectivity index (χ3v) is 9.40. The van der Waals surface area contributed by atoms with Crippen LogP contribution >= 0.6 is 0 Å². The molecule has 4 aliphatic rings. The Morgan fingerprint density at radius 2 is 1.80 bits per heavy atom. The summed E-state index contributed by atoms with van der Waals surface area (Å²) in [6.07, 6.45) is 8.43. The first-order valence-electron chi connectivity index (χ1n) is 11.5. The van der Waals surface area contributed by atoms with Crippen molar-refractivity contribution in [2.75, 3.05) is 0 Å². The summed E-state index contributed by atoms with van der Waals surface area (Å²) in [5.74, 6) is 2.38. The van der Waals surface area contributed by atoms with Gasteiger partial charge in [0.2, 0.25) is 0 Å². The van der Waals surface area contributed by atoms with Crippen molar-refractivity contribution >= 4 is 11.8 Å². The van der Waals surface area contributed by atoms with Crippen LogP contribution in [0.2, 0.25) is 0 Å². The van der Waals surface area contributed by atoms with Gasteiger partial charge < -0.3 is 4.74 Å². The summed E-state index contributed by atoms with van der Waals surface area (Å²) in [4.78, 5) is 24.1. The molecular weight excluding hydrogens is 374 g/mol. The van der Waals surface area contributed by atoms with Crippen LogP contribution in [-0.2, 0) is 14.3 Å². The third kappa shape index (κ3) is 2.77. The molecule has 4 nitrogen and oxygen atoms in total. The molecule has 30 heavy (non-hydrogen) atoms. The van der Waals surface area contributed by atoms with Crippen molar-refractivity contribution in [3.63, 3.8) is 0 Å². The number of fused-ring (bicyclic) bond motifs is 5. The van der Waals surface area contributed by atoms with E-state index in [1.807, 2.05) is 0 Å². The quantitative estimate of drug-likeness (QED) is 0.431. The normalized spacial score (nSPS) is 41.7. The molecular formula is C26H35NO3. The maximum atomic E-state index is 12.4. The minimum absolute atomic E-state index is 0.100. The van der Waals surface area contributed by atoms with Gasteiger partial charge in [-0.1, -0.05) is 25.5 Å². The Balaban J connectivity index is 1.76. The van der Waals surface area contributed by atoms with E-state index < -0.39 is 5.41 Å². The lowest BCUT2D eigenvalue weighted by Gasteiger charge is -2.59. The smallest absolute Gasteiger partial charge is 0.307 e. The molecule has 2 fully saturated rings. The Morgan fingerprint density at radius 1 is 1.10 bits per heavy atom. The molecule has 0 aromatic carbocycles. The van der Waals surface area contributed by atoms with E-state index in [0.717, 1.165) is 32.1 Å². The molecule has 0 spiro atoms. The third-order valence-electron chi connectivity index (χ3n) is 9.40.